The molecule has 2 aliphatic heterocycles. The first-order chi connectivity index (χ1) is 8.87. The van der Waals surface area contributed by atoms with Crippen molar-refractivity contribution in [1.82, 2.24) is 0 Å². The summed E-state index contributed by atoms with van der Waals surface area (Å²) >= 11 is 0. The van der Waals surface area contributed by atoms with Crippen LogP contribution in [0.5, 0.6) is 5.75 Å². The minimum absolute atomic E-state index is 0.0687. The zero-order valence-electron chi connectivity index (χ0n) is 12.2. The Morgan fingerprint density at radius 3 is 2.37 bits per heavy atom. The molecule has 0 aromatic heterocycles. The first kappa shape index (κ1) is 13.0. The molecule has 3 rings (SSSR count). The van der Waals surface area contributed by atoms with Crippen LogP contribution in [0.1, 0.15) is 33.3 Å². The van der Waals surface area contributed by atoms with Crippen LogP contribution < -0.4 is 10.2 Å². The molecule has 19 heavy (non-hydrogen) atoms. The second kappa shape index (κ2) is 4.25. The molecule has 0 amide bonds. The van der Waals surface area contributed by atoms with E-state index in [4.69, 9.17) is 14.0 Å². The van der Waals surface area contributed by atoms with Crippen molar-refractivity contribution in [2.45, 2.75) is 33.1 Å². The van der Waals surface area contributed by atoms with Gasteiger partial charge in [-0.2, -0.15) is 0 Å². The Bertz CT molecular complexity index is 486. The molecule has 0 N–H and O–H groups in total. The van der Waals surface area contributed by atoms with E-state index < -0.39 is 0 Å². The van der Waals surface area contributed by atoms with Gasteiger partial charge in [-0.05, 0) is 11.5 Å². The molecule has 0 atom stereocenters. The topological polar surface area (TPSA) is 27.7 Å². The molecule has 1 fully saturated rings. The molecule has 102 valence electrons. The summed E-state index contributed by atoms with van der Waals surface area (Å²) in [5.74, 6) is 0.991. The summed E-state index contributed by atoms with van der Waals surface area (Å²) in [5, 5.41) is 0. The second-order valence-corrected chi connectivity index (χ2v) is 7.05. The highest BCUT2D eigenvalue weighted by atomic mass is 16.6. The third kappa shape index (κ3) is 2.39. The number of benzene rings is 1. The lowest BCUT2D eigenvalue weighted by Gasteiger charge is -2.33. The Balaban J connectivity index is 1.84. The van der Waals surface area contributed by atoms with E-state index in [1.165, 1.54) is 5.56 Å². The summed E-state index contributed by atoms with van der Waals surface area (Å²) in [6.07, 6.45) is 0. The Morgan fingerprint density at radius 1 is 1.00 bits per heavy atom. The highest BCUT2D eigenvalue weighted by molar-refractivity contribution is 6.61. The number of fused-ring (bicyclic) bond motifs is 1. The number of hydrogen-bond donors (Lipinski definition) is 0. The lowest BCUT2D eigenvalue weighted by atomic mass is 9.73. The normalized spacial score (nSPS) is 23.9. The standard InChI is InChI=1S/C15H21BO3/c1-14(2)8-18-16(19-9-14)11-5-6-13-12(7-11)15(3,4)10-17-13/h5-7H,8-10H2,1-4H3. The predicted molar refractivity (Wildman–Crippen MR) is 76.0 cm³/mol. The molecule has 0 saturated carbocycles. The van der Waals surface area contributed by atoms with Gasteiger partial charge in [-0.1, -0.05) is 39.8 Å². The Kier molecular flexibility index (Phi) is 2.91. The average Bonchev–Trinajstić information content (AvgIpc) is 2.65. The third-order valence-electron chi connectivity index (χ3n) is 3.84. The zero-order valence-corrected chi connectivity index (χ0v) is 12.2. The summed E-state index contributed by atoms with van der Waals surface area (Å²) in [5.41, 5.74) is 2.52. The van der Waals surface area contributed by atoms with Crippen molar-refractivity contribution in [3.05, 3.63) is 23.8 Å². The van der Waals surface area contributed by atoms with Gasteiger partial charge < -0.3 is 14.0 Å². The average molecular weight is 260 g/mol. The van der Waals surface area contributed by atoms with Gasteiger partial charge in [-0.3, -0.25) is 0 Å². The first-order valence-corrected chi connectivity index (χ1v) is 6.88. The third-order valence-corrected chi connectivity index (χ3v) is 3.84. The highest BCUT2D eigenvalue weighted by Crippen LogP contribution is 2.37. The number of hydrogen-bond acceptors (Lipinski definition) is 3. The van der Waals surface area contributed by atoms with Crippen LogP contribution in [0.2, 0.25) is 0 Å². The smallest absolute Gasteiger partial charge is 0.492 e. The maximum absolute atomic E-state index is 5.84. The lowest BCUT2D eigenvalue weighted by Crippen LogP contribution is -2.47. The molecule has 2 heterocycles. The molecule has 1 saturated heterocycles. The maximum Gasteiger partial charge on any atom is 0.493 e. The quantitative estimate of drug-likeness (QED) is 0.724. The predicted octanol–water partition coefficient (Wildman–Crippen LogP) is 2.12. The van der Waals surface area contributed by atoms with Crippen LogP contribution in [0.15, 0.2) is 18.2 Å². The van der Waals surface area contributed by atoms with Crippen molar-refractivity contribution in [2.75, 3.05) is 19.8 Å². The first-order valence-electron chi connectivity index (χ1n) is 6.88. The number of rotatable bonds is 1. The van der Waals surface area contributed by atoms with Crippen molar-refractivity contribution in [1.29, 1.82) is 0 Å². The molecule has 1 aromatic carbocycles. The molecule has 2 aliphatic rings. The van der Waals surface area contributed by atoms with Crippen LogP contribution in [0.3, 0.4) is 0 Å². The minimum Gasteiger partial charge on any atom is -0.492 e. The van der Waals surface area contributed by atoms with E-state index in [0.29, 0.717) is 0 Å². The van der Waals surface area contributed by atoms with Gasteiger partial charge in [-0.15, -0.1) is 0 Å². The van der Waals surface area contributed by atoms with Crippen molar-refractivity contribution in [3.8, 4) is 5.75 Å². The Morgan fingerprint density at radius 2 is 1.68 bits per heavy atom. The van der Waals surface area contributed by atoms with Crippen molar-refractivity contribution in [2.24, 2.45) is 5.41 Å². The molecular formula is C15H21BO3. The molecule has 0 spiro atoms. The molecule has 1 aromatic rings. The van der Waals surface area contributed by atoms with Crippen LogP contribution in [0, 0.1) is 5.41 Å². The van der Waals surface area contributed by atoms with E-state index in [-0.39, 0.29) is 17.9 Å². The van der Waals surface area contributed by atoms with Gasteiger partial charge in [0.1, 0.15) is 5.75 Å². The van der Waals surface area contributed by atoms with Crippen LogP contribution in [-0.2, 0) is 14.7 Å². The lowest BCUT2D eigenvalue weighted by molar-refractivity contribution is 0.0343. The van der Waals surface area contributed by atoms with E-state index in [0.717, 1.165) is 31.0 Å². The van der Waals surface area contributed by atoms with Crippen LogP contribution in [0.25, 0.3) is 0 Å². The van der Waals surface area contributed by atoms with Gasteiger partial charge in [0.2, 0.25) is 0 Å². The largest absolute Gasteiger partial charge is 0.493 e. The second-order valence-electron chi connectivity index (χ2n) is 7.05. The van der Waals surface area contributed by atoms with E-state index in [9.17, 15) is 0 Å². The molecule has 0 unspecified atom stereocenters. The number of ether oxygens (including phenoxy) is 1. The highest BCUT2D eigenvalue weighted by Gasteiger charge is 2.36. The SMILES string of the molecule is CC1(C)COB(c2ccc3c(c2)C(C)(C)CO3)OC1. The Labute approximate surface area is 115 Å². The van der Waals surface area contributed by atoms with Gasteiger partial charge >= 0.3 is 7.12 Å². The van der Waals surface area contributed by atoms with E-state index in [2.05, 4.69) is 33.8 Å². The summed E-state index contributed by atoms with van der Waals surface area (Å²) in [7, 11) is -0.241. The molecule has 0 bridgehead atoms. The van der Waals surface area contributed by atoms with Crippen molar-refractivity contribution < 1.29 is 14.0 Å². The molecule has 4 heteroatoms. The molecule has 0 radical (unpaired) electrons. The van der Waals surface area contributed by atoms with Gasteiger partial charge in [0, 0.05) is 29.6 Å². The molecule has 3 nitrogen and oxygen atoms in total. The van der Waals surface area contributed by atoms with Crippen molar-refractivity contribution >= 4 is 12.6 Å². The van der Waals surface area contributed by atoms with E-state index in [1.807, 2.05) is 12.1 Å². The monoisotopic (exact) mass is 260 g/mol. The van der Waals surface area contributed by atoms with Crippen LogP contribution >= 0.6 is 0 Å². The summed E-state index contributed by atoms with van der Waals surface area (Å²) in [4.78, 5) is 0. The zero-order chi connectivity index (χ0) is 13.7. The summed E-state index contributed by atoms with van der Waals surface area (Å²) in [6, 6.07) is 6.25. The van der Waals surface area contributed by atoms with E-state index >= 15 is 0 Å². The van der Waals surface area contributed by atoms with Crippen LogP contribution in [-0.4, -0.2) is 26.9 Å². The van der Waals surface area contributed by atoms with Crippen molar-refractivity contribution in [3.63, 3.8) is 0 Å². The van der Waals surface area contributed by atoms with Gasteiger partial charge in [0.05, 0.1) is 6.61 Å². The fraction of sp³-hybridized carbons (Fsp3) is 0.600. The maximum atomic E-state index is 5.84. The van der Waals surface area contributed by atoms with E-state index in [1.54, 1.807) is 0 Å². The van der Waals surface area contributed by atoms with Crippen LogP contribution in [0.4, 0.5) is 0 Å². The summed E-state index contributed by atoms with van der Waals surface area (Å²) in [6.45, 7) is 10.9. The fourth-order valence-electron chi connectivity index (χ4n) is 2.57. The van der Waals surface area contributed by atoms with Gasteiger partial charge in [0.15, 0.2) is 0 Å². The van der Waals surface area contributed by atoms with Gasteiger partial charge in [0.25, 0.3) is 0 Å². The minimum atomic E-state index is -0.241. The molecular weight excluding hydrogens is 239 g/mol. The fourth-order valence-corrected chi connectivity index (χ4v) is 2.57. The Hall–Kier alpha value is -0.995. The molecule has 0 aliphatic carbocycles. The van der Waals surface area contributed by atoms with Gasteiger partial charge in [-0.25, -0.2) is 0 Å². The summed E-state index contributed by atoms with van der Waals surface area (Å²) < 4.78 is 17.4.